The van der Waals surface area contributed by atoms with Gasteiger partial charge in [-0.2, -0.15) is 13.5 Å². The molecule has 7 nitrogen and oxygen atoms in total. The van der Waals surface area contributed by atoms with Crippen LogP contribution in [0.25, 0.3) is 0 Å². The molecule has 0 aliphatic rings. The molecule has 18 heavy (non-hydrogen) atoms. The summed E-state index contributed by atoms with van der Waals surface area (Å²) < 4.78 is 28.5. The van der Waals surface area contributed by atoms with Crippen LogP contribution in [0.2, 0.25) is 0 Å². The van der Waals surface area contributed by atoms with Crippen molar-refractivity contribution in [3.05, 3.63) is 0 Å². The molecule has 0 aromatic rings. The Labute approximate surface area is 120 Å². The number of amides is 1. The first-order valence-electron chi connectivity index (χ1n) is 4.78. The van der Waals surface area contributed by atoms with Gasteiger partial charge >= 0.3 is 16.4 Å². The molecule has 0 aliphatic heterocycles. The van der Waals surface area contributed by atoms with Crippen molar-refractivity contribution in [1.82, 2.24) is 5.06 Å². The van der Waals surface area contributed by atoms with E-state index in [0.717, 1.165) is 0 Å². The molecule has 0 unspecified atom stereocenters. The molecule has 0 bridgehead atoms. The van der Waals surface area contributed by atoms with E-state index in [1.807, 2.05) is 6.92 Å². The van der Waals surface area contributed by atoms with Crippen LogP contribution in [0.5, 0.6) is 0 Å². The summed E-state index contributed by atoms with van der Waals surface area (Å²) in [5.41, 5.74) is 0. The minimum Gasteiger partial charge on any atom is -0.443 e. The lowest BCUT2D eigenvalue weighted by molar-refractivity contribution is -0.0430. The number of carbonyl (C=O) groups is 1. The van der Waals surface area contributed by atoms with Crippen LogP contribution in [0.15, 0.2) is 0 Å². The SMILES string of the molecule is CCCCN(OS(N)(=O)=O)C(=O)OCC(Cl)(Cl)Cl. The number of hydrogen-bond donors (Lipinski definition) is 1. The fourth-order valence-electron chi connectivity index (χ4n) is 0.802. The number of rotatable bonds is 6. The quantitative estimate of drug-likeness (QED) is 0.585. The summed E-state index contributed by atoms with van der Waals surface area (Å²) in [6, 6.07) is 0. The lowest BCUT2D eigenvalue weighted by Gasteiger charge is -2.20. The van der Waals surface area contributed by atoms with Crippen molar-refractivity contribution >= 4 is 51.2 Å². The van der Waals surface area contributed by atoms with Gasteiger partial charge in [0.15, 0.2) is 0 Å². The smallest absolute Gasteiger partial charge is 0.435 e. The van der Waals surface area contributed by atoms with Crippen LogP contribution < -0.4 is 5.14 Å². The molecule has 0 rings (SSSR count). The van der Waals surface area contributed by atoms with E-state index in [1.165, 1.54) is 0 Å². The fourth-order valence-corrected chi connectivity index (χ4v) is 1.35. The molecule has 0 aliphatic carbocycles. The molecule has 0 aromatic heterocycles. The van der Waals surface area contributed by atoms with Crippen molar-refractivity contribution in [2.45, 2.75) is 23.6 Å². The first-order valence-corrected chi connectivity index (χ1v) is 7.39. The first kappa shape index (κ1) is 18.0. The molecular formula is C7H13Cl3N2O5S. The van der Waals surface area contributed by atoms with Gasteiger partial charge in [0.2, 0.25) is 3.79 Å². The standard InChI is InChI=1S/C7H13Cl3N2O5S/c1-2-3-4-12(17-18(11,14)15)6(13)16-5-7(8,9)10/h2-5H2,1H3,(H2,11,14,15). The molecular weight excluding hydrogens is 331 g/mol. The molecule has 11 heteroatoms. The third-order valence-electron chi connectivity index (χ3n) is 1.47. The Morgan fingerprint density at radius 1 is 1.39 bits per heavy atom. The number of carbonyl (C=O) groups excluding carboxylic acids is 1. The minimum absolute atomic E-state index is 0.0222. The number of unbranched alkanes of at least 4 members (excludes halogenated alkanes) is 1. The van der Waals surface area contributed by atoms with E-state index in [4.69, 9.17) is 34.8 Å². The Kier molecular flexibility index (Phi) is 7.57. The Morgan fingerprint density at radius 2 is 1.94 bits per heavy atom. The van der Waals surface area contributed by atoms with Gasteiger partial charge in [0, 0.05) is 0 Å². The van der Waals surface area contributed by atoms with Gasteiger partial charge in [0.1, 0.15) is 6.61 Å². The predicted octanol–water partition coefficient (Wildman–Crippen LogP) is 1.73. The average Bonchev–Trinajstić information content (AvgIpc) is 2.18. The van der Waals surface area contributed by atoms with E-state index < -0.39 is 26.8 Å². The van der Waals surface area contributed by atoms with E-state index in [9.17, 15) is 13.2 Å². The molecule has 0 fully saturated rings. The third kappa shape index (κ3) is 9.98. The predicted molar refractivity (Wildman–Crippen MR) is 67.4 cm³/mol. The molecule has 1 amide bonds. The van der Waals surface area contributed by atoms with Gasteiger partial charge in [-0.05, 0) is 6.42 Å². The van der Waals surface area contributed by atoms with Crippen LogP contribution in [-0.4, -0.2) is 36.5 Å². The number of alkyl halides is 3. The molecule has 0 heterocycles. The van der Waals surface area contributed by atoms with E-state index in [1.54, 1.807) is 0 Å². The fraction of sp³-hybridized carbons (Fsp3) is 0.857. The highest BCUT2D eigenvalue weighted by Crippen LogP contribution is 2.26. The summed E-state index contributed by atoms with van der Waals surface area (Å²) in [5.74, 6) is 0. The Balaban J connectivity index is 4.50. The zero-order valence-corrected chi connectivity index (χ0v) is 12.5. The highest BCUT2D eigenvalue weighted by atomic mass is 35.6. The van der Waals surface area contributed by atoms with E-state index >= 15 is 0 Å². The van der Waals surface area contributed by atoms with Gasteiger partial charge in [-0.25, -0.2) is 9.93 Å². The second-order valence-electron chi connectivity index (χ2n) is 3.19. The van der Waals surface area contributed by atoms with Crippen molar-refractivity contribution in [2.75, 3.05) is 13.2 Å². The molecule has 0 atom stereocenters. The largest absolute Gasteiger partial charge is 0.443 e. The van der Waals surface area contributed by atoms with Gasteiger partial charge in [-0.1, -0.05) is 48.1 Å². The van der Waals surface area contributed by atoms with Crippen LogP contribution in [-0.2, 0) is 19.3 Å². The molecule has 0 spiro atoms. The number of hydrogen-bond acceptors (Lipinski definition) is 5. The highest BCUT2D eigenvalue weighted by Gasteiger charge is 2.26. The number of nitrogens with zero attached hydrogens (tertiary/aromatic N) is 1. The summed E-state index contributed by atoms with van der Waals surface area (Å²) in [4.78, 5) is 11.5. The first-order chi connectivity index (χ1) is 8.05. The van der Waals surface area contributed by atoms with E-state index in [0.29, 0.717) is 17.9 Å². The minimum atomic E-state index is -4.33. The number of hydroxylamine groups is 2. The average molecular weight is 344 g/mol. The van der Waals surface area contributed by atoms with Crippen molar-refractivity contribution in [3.63, 3.8) is 0 Å². The van der Waals surface area contributed by atoms with Crippen molar-refractivity contribution < 1.29 is 22.2 Å². The number of halogens is 3. The summed E-state index contributed by atoms with van der Waals surface area (Å²) in [6.07, 6.45) is 0.0736. The van der Waals surface area contributed by atoms with Crippen LogP contribution >= 0.6 is 34.8 Å². The normalized spacial score (nSPS) is 12.3. The van der Waals surface area contributed by atoms with Gasteiger partial charge in [0.25, 0.3) is 0 Å². The van der Waals surface area contributed by atoms with E-state index in [-0.39, 0.29) is 6.54 Å². The number of nitrogens with two attached hydrogens (primary N) is 1. The lowest BCUT2D eigenvalue weighted by Crippen LogP contribution is -2.38. The Bertz CT molecular complexity index is 370. The van der Waals surface area contributed by atoms with Crippen molar-refractivity contribution in [2.24, 2.45) is 5.14 Å². The monoisotopic (exact) mass is 342 g/mol. The summed E-state index contributed by atoms with van der Waals surface area (Å²) in [5, 5.41) is 5.10. The zero-order valence-electron chi connectivity index (χ0n) is 9.44. The zero-order chi connectivity index (χ0) is 14.4. The maximum absolute atomic E-state index is 11.5. The van der Waals surface area contributed by atoms with Crippen LogP contribution in [0.3, 0.4) is 0 Å². The van der Waals surface area contributed by atoms with Crippen molar-refractivity contribution in [3.8, 4) is 0 Å². The Hall–Kier alpha value is 0.01000. The summed E-state index contributed by atoms with van der Waals surface area (Å²) >= 11 is 16.1. The van der Waals surface area contributed by atoms with Crippen LogP contribution in [0, 0.1) is 0 Å². The molecule has 2 N–H and O–H groups in total. The second-order valence-corrected chi connectivity index (χ2v) is 6.84. The topological polar surface area (TPSA) is 98.9 Å². The second kappa shape index (κ2) is 7.56. The van der Waals surface area contributed by atoms with Gasteiger partial charge in [-0.3, -0.25) is 0 Å². The van der Waals surface area contributed by atoms with Gasteiger partial charge < -0.3 is 4.74 Å². The molecule has 0 radical (unpaired) electrons. The molecule has 0 saturated carbocycles. The van der Waals surface area contributed by atoms with E-state index in [2.05, 4.69) is 14.2 Å². The molecule has 0 saturated heterocycles. The maximum Gasteiger partial charge on any atom is 0.435 e. The number of ether oxygens (including phenoxy) is 1. The highest BCUT2D eigenvalue weighted by molar-refractivity contribution is 7.84. The Morgan fingerprint density at radius 3 is 2.33 bits per heavy atom. The van der Waals surface area contributed by atoms with Crippen LogP contribution in [0.1, 0.15) is 19.8 Å². The van der Waals surface area contributed by atoms with Gasteiger partial charge in [-0.15, -0.1) is 4.28 Å². The van der Waals surface area contributed by atoms with Crippen LogP contribution in [0.4, 0.5) is 4.79 Å². The summed E-state index contributed by atoms with van der Waals surface area (Å²) in [7, 11) is -4.33. The lowest BCUT2D eigenvalue weighted by atomic mass is 10.3. The third-order valence-corrected chi connectivity index (χ3v) is 2.19. The molecule has 0 aromatic carbocycles. The maximum atomic E-state index is 11.5. The molecule has 108 valence electrons. The van der Waals surface area contributed by atoms with Crippen molar-refractivity contribution in [1.29, 1.82) is 0 Å². The van der Waals surface area contributed by atoms with Gasteiger partial charge in [0.05, 0.1) is 6.54 Å². The summed E-state index contributed by atoms with van der Waals surface area (Å²) in [6.45, 7) is 1.26.